The molecule has 490 valence electrons. The average Bonchev–Trinajstić information content (AvgIpc) is 2.33. The molecule has 0 aliphatic carbocycles. The molecule has 0 aliphatic rings. The molecule has 8 nitrogen and oxygen atoms in total. The van der Waals surface area contributed by atoms with Gasteiger partial charge in [-0.2, -0.15) is 9.13 Å². The van der Waals surface area contributed by atoms with Crippen LogP contribution in [0.15, 0.2) is 281 Å². The van der Waals surface area contributed by atoms with Gasteiger partial charge in [-0.1, -0.05) is 189 Å². The Balaban J connectivity index is 0.000000525. The second-order valence-corrected chi connectivity index (χ2v) is 22.4. The molecule has 0 fully saturated rings. The largest absolute Gasteiger partial charge is 0.377 e. The molecule has 0 radical (unpaired) electrons. The highest BCUT2D eigenvalue weighted by Gasteiger charge is 2.11. The molecule has 0 spiro atoms. The zero-order valence-corrected chi connectivity index (χ0v) is 60.5. The van der Waals surface area contributed by atoms with Gasteiger partial charge in [-0.15, -0.1) is 0 Å². The standard InChI is InChI=1S/C14H14NO.C12H12N.C10H14O.C9H12.C8H10.4C7H10N.2C2H6/c1-12-5-7-13(8-6-12)14(16)11-15-9-3-2-4-10-15;1-11-5-7-12(8-6-11)13-9-3-2-4-10-13;1-8-4-6-10(7-5-8)9(2)11-3;1-3-9-6-4-8(2)5-7-9;3*1-7-3-5-8(2)6-4-7;2*1-7-4-3-5-8(2)6-7;2*1-2/h2-10H,11H2,1H3;2-10H,1H3;4-7,9H,1-3H3;4-7H,3H2,1-2H3;5*3-6H,1-2H3;2*1-2H3/q2*+1;;;;4*+1;;. The third-order valence-electron chi connectivity index (χ3n) is 13.6. The summed E-state index contributed by atoms with van der Waals surface area (Å²) in [4.78, 5) is 11.9. The van der Waals surface area contributed by atoms with Crippen LogP contribution in [0.2, 0.25) is 0 Å². The first-order chi connectivity index (χ1) is 44.6. The Labute approximate surface area is 563 Å². The maximum absolute atomic E-state index is 11.9. The number of ketones is 1. The van der Waals surface area contributed by atoms with Gasteiger partial charge in [0.2, 0.25) is 18.0 Å². The number of rotatable bonds is 7. The number of aromatic nitrogens is 6. The first kappa shape index (κ1) is 81.6. The van der Waals surface area contributed by atoms with Crippen molar-refractivity contribution >= 4 is 5.78 Å². The predicted molar refractivity (Wildman–Crippen MR) is 390 cm³/mol. The number of aryl methyl sites for hydroxylation is 15. The SMILES string of the molecule is CC.CC.CCc1ccc(C)cc1.COC(C)c1ccc(C)cc1.Cc1cc[n+](C)cc1.Cc1cc[n+](C)cc1.Cc1ccc(-[n+]2ccccc2)cc1.Cc1ccc(C(=O)C[n+]2ccccc2)cc1.Cc1ccc(C)cc1.Cc1ccc[n+](C)c1.Cc1ccc[n+](C)c1. The van der Waals surface area contributed by atoms with Crippen molar-refractivity contribution in [2.24, 2.45) is 28.2 Å². The van der Waals surface area contributed by atoms with Crippen LogP contribution >= 0.6 is 0 Å². The van der Waals surface area contributed by atoms with E-state index >= 15 is 0 Å². The fourth-order valence-corrected chi connectivity index (χ4v) is 7.88. The number of pyridine rings is 6. The molecule has 93 heavy (non-hydrogen) atoms. The highest BCUT2D eigenvalue weighted by Crippen LogP contribution is 2.15. The maximum Gasteiger partial charge on any atom is 0.227 e. The van der Waals surface area contributed by atoms with Gasteiger partial charge in [-0.3, -0.25) is 4.79 Å². The summed E-state index contributed by atoms with van der Waals surface area (Å²) in [5, 5.41) is 0. The molecule has 0 amide bonds. The van der Waals surface area contributed by atoms with Crippen LogP contribution in [0.1, 0.15) is 125 Å². The van der Waals surface area contributed by atoms with Crippen molar-refractivity contribution < 1.29 is 36.9 Å². The number of nitrogens with zero attached hydrogens (tertiary/aromatic N) is 6. The van der Waals surface area contributed by atoms with Gasteiger partial charge in [0.25, 0.3) is 0 Å². The number of ether oxygens (including phenoxy) is 1. The molecule has 5 aromatic carbocycles. The number of carbonyl (C=O) groups excluding carboxylic acids is 1. The van der Waals surface area contributed by atoms with E-state index in [0.717, 1.165) is 12.0 Å². The van der Waals surface area contributed by atoms with Crippen LogP contribution in [0.5, 0.6) is 0 Å². The van der Waals surface area contributed by atoms with E-state index in [1.165, 1.54) is 72.4 Å². The zero-order chi connectivity index (χ0) is 69.3. The van der Waals surface area contributed by atoms with Gasteiger partial charge in [-0.05, 0) is 117 Å². The molecule has 6 aromatic heterocycles. The van der Waals surface area contributed by atoms with E-state index in [-0.39, 0.29) is 11.9 Å². The van der Waals surface area contributed by atoms with E-state index in [9.17, 15) is 4.79 Å². The van der Waals surface area contributed by atoms with Gasteiger partial charge >= 0.3 is 0 Å². The molecule has 0 saturated heterocycles. The number of methoxy groups -OCH3 is 1. The fraction of sp³-hybridized carbons (Fsp3) is 0.282. The van der Waals surface area contributed by atoms with E-state index in [1.807, 2.05) is 227 Å². The third kappa shape index (κ3) is 39.5. The van der Waals surface area contributed by atoms with Crippen LogP contribution in [0.3, 0.4) is 0 Å². The maximum atomic E-state index is 11.9. The van der Waals surface area contributed by atoms with Gasteiger partial charge in [-0.25, -0.2) is 18.3 Å². The summed E-state index contributed by atoms with van der Waals surface area (Å²) in [6, 6.07) is 70.1. The molecular weight excluding hydrogens is 1140 g/mol. The highest BCUT2D eigenvalue weighted by atomic mass is 16.5. The van der Waals surface area contributed by atoms with Crippen LogP contribution in [-0.2, 0) is 45.9 Å². The zero-order valence-electron chi connectivity index (χ0n) is 60.5. The topological polar surface area (TPSA) is 49.6 Å². The minimum atomic E-state index is 0.135. The molecule has 0 N–H and O–H groups in total. The highest BCUT2D eigenvalue weighted by molar-refractivity contribution is 5.95. The van der Waals surface area contributed by atoms with Gasteiger partial charge in [0, 0.05) is 96.6 Å². The van der Waals surface area contributed by atoms with E-state index in [0.29, 0.717) is 6.54 Å². The summed E-state index contributed by atoms with van der Waals surface area (Å²) in [6.45, 7) is 33.4. The van der Waals surface area contributed by atoms with Crippen molar-refractivity contribution in [3.8, 4) is 5.69 Å². The summed E-state index contributed by atoms with van der Waals surface area (Å²) in [7, 11) is 9.80. The lowest BCUT2D eigenvalue weighted by molar-refractivity contribution is -0.683. The molecule has 11 rings (SSSR count). The molecular formula is C85H114N6O2+6. The Morgan fingerprint density at radius 1 is 0.355 bits per heavy atom. The van der Waals surface area contributed by atoms with Crippen LogP contribution in [0, 0.1) is 69.2 Å². The van der Waals surface area contributed by atoms with E-state index in [2.05, 4.69) is 220 Å². The van der Waals surface area contributed by atoms with Crippen molar-refractivity contribution in [2.75, 3.05) is 7.11 Å². The molecule has 0 bridgehead atoms. The third-order valence-corrected chi connectivity index (χ3v) is 13.6. The summed E-state index contributed by atoms with van der Waals surface area (Å²) in [5.74, 6) is 0.135. The van der Waals surface area contributed by atoms with Crippen LogP contribution in [-0.4, -0.2) is 12.9 Å². The van der Waals surface area contributed by atoms with Gasteiger partial charge in [0.05, 0.1) is 6.10 Å². The molecule has 8 heteroatoms. The summed E-state index contributed by atoms with van der Waals surface area (Å²) in [6.07, 6.45) is 25.6. The Hall–Kier alpha value is -9.37. The molecule has 0 aliphatic heterocycles. The molecule has 6 heterocycles. The predicted octanol–water partition coefficient (Wildman–Crippen LogP) is 17.3. The van der Waals surface area contributed by atoms with Crippen LogP contribution in [0.25, 0.3) is 5.69 Å². The van der Waals surface area contributed by atoms with Gasteiger partial charge in [0.1, 0.15) is 28.2 Å². The smallest absolute Gasteiger partial charge is 0.227 e. The van der Waals surface area contributed by atoms with Crippen molar-refractivity contribution in [3.05, 3.63) is 353 Å². The number of carbonyl (C=O) groups is 1. The Kier molecular flexibility index (Phi) is 43.3. The van der Waals surface area contributed by atoms with Crippen molar-refractivity contribution in [3.63, 3.8) is 0 Å². The van der Waals surface area contributed by atoms with Crippen molar-refractivity contribution in [1.29, 1.82) is 0 Å². The molecule has 11 aromatic rings. The van der Waals surface area contributed by atoms with Gasteiger partial charge in [0.15, 0.2) is 74.4 Å². The summed E-state index contributed by atoms with van der Waals surface area (Å²) < 4.78 is 17.3. The lowest BCUT2D eigenvalue weighted by Crippen LogP contribution is -2.36. The number of hydrogen-bond donors (Lipinski definition) is 0. The second-order valence-electron chi connectivity index (χ2n) is 22.4. The first-order valence-electron chi connectivity index (χ1n) is 32.6. The second kappa shape index (κ2) is 49.3. The normalized spacial score (nSPS) is 9.69. The number of Topliss-reactive ketones (excluding diaryl/α,β-unsaturated/α-hetero) is 1. The molecule has 1 unspecified atom stereocenters. The molecule has 1 atom stereocenters. The fourth-order valence-electron chi connectivity index (χ4n) is 7.88. The van der Waals surface area contributed by atoms with Crippen LogP contribution in [0.4, 0.5) is 0 Å². The van der Waals surface area contributed by atoms with E-state index in [4.69, 9.17) is 4.74 Å². The number of benzene rings is 5. The lowest BCUT2D eigenvalue weighted by Gasteiger charge is -2.08. The van der Waals surface area contributed by atoms with Crippen molar-refractivity contribution in [2.45, 2.75) is 130 Å². The minimum absolute atomic E-state index is 0.135. The van der Waals surface area contributed by atoms with E-state index in [1.54, 1.807) is 7.11 Å². The number of hydrogen-bond acceptors (Lipinski definition) is 2. The van der Waals surface area contributed by atoms with Gasteiger partial charge < -0.3 is 4.74 Å². The quantitative estimate of drug-likeness (QED) is 0.118. The minimum Gasteiger partial charge on any atom is -0.377 e. The van der Waals surface area contributed by atoms with Crippen molar-refractivity contribution in [1.82, 2.24) is 0 Å². The summed E-state index contributed by atoms with van der Waals surface area (Å²) in [5.41, 5.74) is 17.6. The van der Waals surface area contributed by atoms with E-state index < -0.39 is 0 Å². The first-order valence-corrected chi connectivity index (χ1v) is 32.6. The van der Waals surface area contributed by atoms with Crippen LogP contribution < -0.4 is 27.4 Å². The average molecular weight is 1250 g/mol. The Morgan fingerprint density at radius 2 is 0.677 bits per heavy atom. The monoisotopic (exact) mass is 1250 g/mol. The Bertz CT molecular complexity index is 3370. The molecule has 0 saturated carbocycles. The Morgan fingerprint density at radius 3 is 1.00 bits per heavy atom. The lowest BCUT2D eigenvalue weighted by atomic mass is 10.1. The summed E-state index contributed by atoms with van der Waals surface area (Å²) >= 11 is 0.